The largest absolute Gasteiger partial charge is 0.494 e. The first-order valence-corrected chi connectivity index (χ1v) is 12.3. The highest BCUT2D eigenvalue weighted by molar-refractivity contribution is 5.95. The summed E-state index contributed by atoms with van der Waals surface area (Å²) < 4.78 is 50.6. The molecule has 1 amide bonds. The summed E-state index contributed by atoms with van der Waals surface area (Å²) in [7, 11) is 3.35. The minimum Gasteiger partial charge on any atom is -0.494 e. The van der Waals surface area contributed by atoms with Crippen molar-refractivity contribution in [3.8, 4) is 11.4 Å². The number of nitrogens with one attached hydrogen (secondary N) is 1. The number of likely N-dealkylation sites (N-methyl/N-ethyl adjacent to an activating group) is 1. The summed E-state index contributed by atoms with van der Waals surface area (Å²) in [5.74, 6) is -1.56. The van der Waals surface area contributed by atoms with Crippen molar-refractivity contribution >= 4 is 5.91 Å². The third-order valence-electron chi connectivity index (χ3n) is 6.57. The molecule has 13 heteroatoms. The molecule has 0 aliphatic carbocycles. The molecule has 1 aromatic carbocycles. The van der Waals surface area contributed by atoms with Crippen molar-refractivity contribution < 1.29 is 22.7 Å². The second-order valence-corrected chi connectivity index (χ2v) is 9.43. The molecule has 204 valence electrons. The number of nitrogens with zero attached hydrogens (tertiary/aromatic N) is 7. The van der Waals surface area contributed by atoms with Crippen LogP contribution in [0, 0.1) is 12.7 Å². The number of ether oxygens (including phenoxy) is 1. The summed E-state index contributed by atoms with van der Waals surface area (Å²) in [5, 5.41) is 14.4. The lowest BCUT2D eigenvalue weighted by molar-refractivity contribution is 0.0936. The molecule has 4 heterocycles. The first-order chi connectivity index (χ1) is 18.7. The average molecular weight is 541 g/mol. The van der Waals surface area contributed by atoms with Gasteiger partial charge in [0, 0.05) is 37.6 Å². The molecule has 1 aliphatic heterocycles. The van der Waals surface area contributed by atoms with Gasteiger partial charge >= 0.3 is 0 Å². The first kappa shape index (κ1) is 26.4. The molecule has 0 spiro atoms. The lowest BCUT2D eigenvalue weighted by atomic mass is 10.0. The van der Waals surface area contributed by atoms with Crippen LogP contribution in [-0.4, -0.2) is 61.3 Å². The Morgan fingerprint density at radius 2 is 2.08 bits per heavy atom. The standard InChI is InChI=1S/C26H27F3N8O2/c1-15-11-37(34-32-15)21-4-5-22(39-3)23(27)18(21)10-31-26(38)19-13-36(33-24(19)25(28)29)12-16-8-17-6-7-35(2)14-20(17)30-9-16/h4-5,8-9,11,13,25H,6-7,10,12,14H2,1-3H3,(H,31,38). The fraction of sp³-hybridized carbons (Fsp3) is 0.346. The third-order valence-corrected chi connectivity index (χ3v) is 6.57. The molecule has 1 N–H and O–H groups in total. The van der Waals surface area contributed by atoms with Crippen molar-refractivity contribution in [2.24, 2.45) is 0 Å². The van der Waals surface area contributed by atoms with Crippen LogP contribution in [0.2, 0.25) is 0 Å². The molecule has 0 saturated carbocycles. The Balaban J connectivity index is 1.37. The number of carbonyl (C=O) groups excluding carboxylic acids is 1. The van der Waals surface area contributed by atoms with Crippen molar-refractivity contribution in [1.29, 1.82) is 0 Å². The number of fused-ring (bicyclic) bond motifs is 1. The van der Waals surface area contributed by atoms with Gasteiger partial charge in [0.1, 0.15) is 5.69 Å². The molecule has 1 aliphatic rings. The Kier molecular flexibility index (Phi) is 7.33. The van der Waals surface area contributed by atoms with Crippen molar-refractivity contribution in [3.05, 3.63) is 81.9 Å². The Bertz CT molecular complexity index is 1520. The predicted molar refractivity (Wildman–Crippen MR) is 134 cm³/mol. The number of hydrogen-bond donors (Lipinski definition) is 1. The van der Waals surface area contributed by atoms with Crippen LogP contribution in [0.4, 0.5) is 13.2 Å². The highest BCUT2D eigenvalue weighted by Gasteiger charge is 2.25. The summed E-state index contributed by atoms with van der Waals surface area (Å²) in [5.41, 5.74) is 2.94. The monoisotopic (exact) mass is 540 g/mol. The van der Waals surface area contributed by atoms with Gasteiger partial charge in [0.15, 0.2) is 11.6 Å². The first-order valence-electron chi connectivity index (χ1n) is 12.3. The van der Waals surface area contributed by atoms with Crippen molar-refractivity contribution in [1.82, 2.24) is 40.0 Å². The van der Waals surface area contributed by atoms with E-state index in [1.807, 2.05) is 13.1 Å². The molecule has 0 radical (unpaired) electrons. The molecule has 5 rings (SSSR count). The number of pyridine rings is 1. The van der Waals surface area contributed by atoms with E-state index in [-0.39, 0.29) is 30.0 Å². The van der Waals surface area contributed by atoms with Gasteiger partial charge in [0.05, 0.1) is 42.5 Å². The van der Waals surface area contributed by atoms with Crippen molar-refractivity contribution in [3.63, 3.8) is 0 Å². The number of benzene rings is 1. The van der Waals surface area contributed by atoms with Crippen LogP contribution in [0.3, 0.4) is 0 Å². The van der Waals surface area contributed by atoms with Crippen LogP contribution in [0.25, 0.3) is 5.69 Å². The number of rotatable bonds is 8. The maximum atomic E-state index is 15.2. The Morgan fingerprint density at radius 3 is 2.79 bits per heavy atom. The number of halogens is 3. The summed E-state index contributed by atoms with van der Waals surface area (Å²) in [6.45, 7) is 3.25. The molecule has 0 unspecified atom stereocenters. The zero-order valence-electron chi connectivity index (χ0n) is 21.7. The number of aromatic nitrogens is 6. The van der Waals surface area contributed by atoms with E-state index in [1.165, 1.54) is 28.7 Å². The maximum Gasteiger partial charge on any atom is 0.282 e. The van der Waals surface area contributed by atoms with E-state index in [9.17, 15) is 13.6 Å². The van der Waals surface area contributed by atoms with E-state index < -0.39 is 23.8 Å². The fourth-order valence-electron chi connectivity index (χ4n) is 4.58. The molecule has 0 fully saturated rings. The van der Waals surface area contributed by atoms with E-state index in [4.69, 9.17) is 4.74 Å². The van der Waals surface area contributed by atoms with Gasteiger partial charge in [-0.3, -0.25) is 14.5 Å². The summed E-state index contributed by atoms with van der Waals surface area (Å²) in [6.07, 6.45) is 2.43. The normalized spacial score (nSPS) is 13.5. The van der Waals surface area contributed by atoms with Gasteiger partial charge in [-0.25, -0.2) is 17.9 Å². The zero-order chi connectivity index (χ0) is 27.7. The molecule has 39 heavy (non-hydrogen) atoms. The van der Waals surface area contributed by atoms with Gasteiger partial charge in [-0.15, -0.1) is 5.10 Å². The van der Waals surface area contributed by atoms with Gasteiger partial charge < -0.3 is 15.0 Å². The maximum absolute atomic E-state index is 15.2. The summed E-state index contributed by atoms with van der Waals surface area (Å²) in [4.78, 5) is 19.7. The van der Waals surface area contributed by atoms with Gasteiger partial charge in [-0.05, 0) is 43.7 Å². The number of carbonyl (C=O) groups is 1. The number of aryl methyl sites for hydroxylation is 1. The second-order valence-electron chi connectivity index (χ2n) is 9.43. The molecule has 10 nitrogen and oxygen atoms in total. The van der Waals surface area contributed by atoms with Crippen LogP contribution in [0.5, 0.6) is 5.75 Å². The number of hydrogen-bond acceptors (Lipinski definition) is 7. The summed E-state index contributed by atoms with van der Waals surface area (Å²) >= 11 is 0. The van der Waals surface area contributed by atoms with Crippen molar-refractivity contribution in [2.75, 3.05) is 20.7 Å². The SMILES string of the molecule is COc1ccc(-n2cc(C)nn2)c(CNC(=O)c2cn(Cc3cnc4c(c3)CCN(C)C4)nc2C(F)F)c1F. The van der Waals surface area contributed by atoms with Crippen molar-refractivity contribution in [2.45, 2.75) is 39.4 Å². The van der Waals surface area contributed by atoms with Gasteiger partial charge in [0.2, 0.25) is 0 Å². The lowest BCUT2D eigenvalue weighted by Crippen LogP contribution is -2.27. The Labute approximate surface area is 222 Å². The van der Waals surface area contributed by atoms with Gasteiger partial charge in [0.25, 0.3) is 12.3 Å². The quantitative estimate of drug-likeness (QED) is 0.366. The molecule has 0 bridgehead atoms. The molecule has 4 aromatic rings. The van der Waals surface area contributed by atoms with Crippen LogP contribution < -0.4 is 10.1 Å². The Morgan fingerprint density at radius 1 is 1.26 bits per heavy atom. The smallest absolute Gasteiger partial charge is 0.282 e. The topological polar surface area (TPSA) is 103 Å². The van der Waals surface area contributed by atoms with E-state index in [2.05, 4.69) is 30.6 Å². The number of amides is 1. The molecular formula is C26H27F3N8O2. The third kappa shape index (κ3) is 5.48. The van der Waals surface area contributed by atoms with Crippen LogP contribution >= 0.6 is 0 Å². The minimum atomic E-state index is -2.98. The van der Waals surface area contributed by atoms with E-state index in [0.29, 0.717) is 11.4 Å². The highest BCUT2D eigenvalue weighted by atomic mass is 19.3. The fourth-order valence-corrected chi connectivity index (χ4v) is 4.58. The van der Waals surface area contributed by atoms with Crippen LogP contribution in [0.15, 0.2) is 36.8 Å². The number of alkyl halides is 2. The molecule has 0 atom stereocenters. The minimum absolute atomic E-state index is 0.0359. The van der Waals surface area contributed by atoms with E-state index in [1.54, 1.807) is 25.4 Å². The van der Waals surface area contributed by atoms with Crippen LogP contribution in [-0.2, 0) is 26.1 Å². The average Bonchev–Trinajstić information content (AvgIpc) is 3.54. The van der Waals surface area contributed by atoms with Crippen LogP contribution in [0.1, 0.15) is 50.6 Å². The summed E-state index contributed by atoms with van der Waals surface area (Å²) in [6, 6.07) is 5.00. The van der Waals surface area contributed by atoms with Gasteiger partial charge in [-0.2, -0.15) is 5.10 Å². The molecule has 0 saturated heterocycles. The highest BCUT2D eigenvalue weighted by Crippen LogP contribution is 2.27. The number of methoxy groups -OCH3 is 1. The van der Waals surface area contributed by atoms with E-state index in [0.717, 1.165) is 36.3 Å². The molecule has 3 aromatic heterocycles. The Hall–Kier alpha value is -4.26. The molecular weight excluding hydrogens is 513 g/mol. The van der Waals surface area contributed by atoms with E-state index >= 15 is 4.39 Å². The lowest BCUT2D eigenvalue weighted by Gasteiger charge is -2.24. The zero-order valence-corrected chi connectivity index (χ0v) is 21.7. The predicted octanol–water partition coefficient (Wildman–Crippen LogP) is 3.22. The van der Waals surface area contributed by atoms with Gasteiger partial charge in [-0.1, -0.05) is 11.3 Å². The second kappa shape index (κ2) is 10.8.